The van der Waals surface area contributed by atoms with Gasteiger partial charge in [-0.1, -0.05) is 44.7 Å². The van der Waals surface area contributed by atoms with Crippen molar-refractivity contribution in [1.82, 2.24) is 10.3 Å². The third-order valence-electron chi connectivity index (χ3n) is 4.86. The van der Waals surface area contributed by atoms with Crippen molar-refractivity contribution in [3.8, 4) is 0 Å². The lowest BCUT2D eigenvalue weighted by molar-refractivity contribution is 0.275. The van der Waals surface area contributed by atoms with Gasteiger partial charge in [0.15, 0.2) is 0 Å². The van der Waals surface area contributed by atoms with Crippen LogP contribution in [0, 0.1) is 11.8 Å². The molecule has 1 aliphatic rings. The molecule has 0 atom stereocenters. The van der Waals surface area contributed by atoms with Crippen LogP contribution in [0.5, 0.6) is 0 Å². The van der Waals surface area contributed by atoms with Gasteiger partial charge in [0, 0.05) is 18.1 Å². The molecule has 112 valence electrons. The van der Waals surface area contributed by atoms with Crippen molar-refractivity contribution >= 4 is 10.9 Å². The number of hydrogen-bond donors (Lipinski definition) is 1. The Labute approximate surface area is 128 Å². The molecule has 1 aromatic heterocycles. The molecule has 1 aliphatic carbocycles. The Morgan fingerprint density at radius 3 is 2.86 bits per heavy atom. The molecule has 1 N–H and O–H groups in total. The van der Waals surface area contributed by atoms with Crippen LogP contribution in [0.1, 0.15) is 44.6 Å². The van der Waals surface area contributed by atoms with E-state index in [0.717, 1.165) is 30.4 Å². The Bertz CT molecular complexity index is 571. The average Bonchev–Trinajstić information content (AvgIpc) is 2.53. The maximum atomic E-state index is 4.37. The lowest BCUT2D eigenvalue weighted by Crippen LogP contribution is -2.20. The van der Waals surface area contributed by atoms with Crippen LogP contribution in [0.3, 0.4) is 0 Å². The Morgan fingerprint density at radius 1 is 1.14 bits per heavy atom. The summed E-state index contributed by atoms with van der Waals surface area (Å²) >= 11 is 0. The van der Waals surface area contributed by atoms with Gasteiger partial charge in [0.05, 0.1) is 5.52 Å². The van der Waals surface area contributed by atoms with Gasteiger partial charge in [0.2, 0.25) is 0 Å². The molecule has 21 heavy (non-hydrogen) atoms. The van der Waals surface area contributed by atoms with Gasteiger partial charge in [0.1, 0.15) is 0 Å². The zero-order chi connectivity index (χ0) is 14.5. The maximum Gasteiger partial charge on any atom is 0.0702 e. The SMILES string of the molecule is CC1CCC(CCNCc2ccc3ncccc3c2)CC1. The molecule has 1 saturated carbocycles. The van der Waals surface area contributed by atoms with Crippen LogP contribution in [-0.2, 0) is 6.54 Å². The molecule has 1 aromatic carbocycles. The molecule has 1 fully saturated rings. The van der Waals surface area contributed by atoms with Crippen LogP contribution in [0.2, 0.25) is 0 Å². The summed E-state index contributed by atoms with van der Waals surface area (Å²) in [5.41, 5.74) is 2.44. The molecule has 0 unspecified atom stereocenters. The zero-order valence-electron chi connectivity index (χ0n) is 13.0. The van der Waals surface area contributed by atoms with Gasteiger partial charge in [-0.05, 0) is 48.6 Å². The Hall–Kier alpha value is -1.41. The van der Waals surface area contributed by atoms with E-state index in [1.54, 1.807) is 0 Å². The van der Waals surface area contributed by atoms with Crippen molar-refractivity contribution < 1.29 is 0 Å². The van der Waals surface area contributed by atoms with Crippen molar-refractivity contribution in [2.24, 2.45) is 11.8 Å². The number of pyridine rings is 1. The van der Waals surface area contributed by atoms with Crippen LogP contribution in [0.15, 0.2) is 36.5 Å². The number of benzene rings is 1. The van der Waals surface area contributed by atoms with E-state index in [0.29, 0.717) is 0 Å². The van der Waals surface area contributed by atoms with Crippen LogP contribution in [0.4, 0.5) is 0 Å². The quantitative estimate of drug-likeness (QED) is 0.814. The highest BCUT2D eigenvalue weighted by atomic mass is 14.8. The van der Waals surface area contributed by atoms with E-state index in [9.17, 15) is 0 Å². The summed E-state index contributed by atoms with van der Waals surface area (Å²) in [4.78, 5) is 4.37. The number of fused-ring (bicyclic) bond motifs is 1. The van der Waals surface area contributed by atoms with E-state index < -0.39 is 0 Å². The van der Waals surface area contributed by atoms with E-state index in [1.807, 2.05) is 12.3 Å². The second kappa shape index (κ2) is 7.04. The predicted octanol–water partition coefficient (Wildman–Crippen LogP) is 4.54. The van der Waals surface area contributed by atoms with Crippen molar-refractivity contribution in [3.05, 3.63) is 42.1 Å². The Morgan fingerprint density at radius 2 is 2.00 bits per heavy atom. The van der Waals surface area contributed by atoms with Crippen LogP contribution >= 0.6 is 0 Å². The first kappa shape index (κ1) is 14.5. The fourth-order valence-electron chi connectivity index (χ4n) is 3.39. The molecular weight excluding hydrogens is 256 g/mol. The van der Waals surface area contributed by atoms with Crippen LogP contribution < -0.4 is 5.32 Å². The molecule has 0 radical (unpaired) electrons. The minimum Gasteiger partial charge on any atom is -0.313 e. The summed E-state index contributed by atoms with van der Waals surface area (Å²) in [5.74, 6) is 1.91. The summed E-state index contributed by atoms with van der Waals surface area (Å²) in [7, 11) is 0. The van der Waals surface area contributed by atoms with E-state index in [-0.39, 0.29) is 0 Å². The molecule has 2 nitrogen and oxygen atoms in total. The molecule has 0 aliphatic heterocycles. The first-order valence-electron chi connectivity index (χ1n) is 8.35. The minimum absolute atomic E-state index is 0.953. The number of rotatable bonds is 5. The number of hydrogen-bond acceptors (Lipinski definition) is 2. The molecule has 2 heteroatoms. The van der Waals surface area contributed by atoms with Gasteiger partial charge in [-0.25, -0.2) is 0 Å². The highest BCUT2D eigenvalue weighted by Crippen LogP contribution is 2.29. The van der Waals surface area contributed by atoms with Gasteiger partial charge in [-0.3, -0.25) is 4.98 Å². The molecule has 0 bridgehead atoms. The second-order valence-corrected chi connectivity index (χ2v) is 6.62. The Balaban J connectivity index is 1.44. The van der Waals surface area contributed by atoms with E-state index in [2.05, 4.69) is 41.5 Å². The average molecular weight is 282 g/mol. The fraction of sp³-hybridized carbons (Fsp3) is 0.526. The highest BCUT2D eigenvalue weighted by molar-refractivity contribution is 5.78. The van der Waals surface area contributed by atoms with Crippen molar-refractivity contribution in [1.29, 1.82) is 0 Å². The highest BCUT2D eigenvalue weighted by Gasteiger charge is 2.17. The second-order valence-electron chi connectivity index (χ2n) is 6.62. The summed E-state index contributed by atoms with van der Waals surface area (Å²) < 4.78 is 0. The topological polar surface area (TPSA) is 24.9 Å². The molecule has 0 amide bonds. The number of nitrogens with zero attached hydrogens (tertiary/aromatic N) is 1. The first-order valence-corrected chi connectivity index (χ1v) is 8.35. The van der Waals surface area contributed by atoms with E-state index >= 15 is 0 Å². The zero-order valence-corrected chi connectivity index (χ0v) is 13.0. The standard InChI is InChI=1S/C19H26N2/c1-15-4-6-16(7-5-15)10-12-20-14-17-8-9-19-18(13-17)3-2-11-21-19/h2-3,8-9,11,13,15-16,20H,4-7,10,12,14H2,1H3. The van der Waals surface area contributed by atoms with Gasteiger partial charge >= 0.3 is 0 Å². The summed E-state index contributed by atoms with van der Waals surface area (Å²) in [6.45, 7) is 4.50. The summed E-state index contributed by atoms with van der Waals surface area (Å²) in [6.07, 6.45) is 8.92. The van der Waals surface area contributed by atoms with Crippen LogP contribution in [0.25, 0.3) is 10.9 Å². The summed E-state index contributed by atoms with van der Waals surface area (Å²) in [5, 5.41) is 4.84. The lowest BCUT2D eigenvalue weighted by atomic mass is 9.81. The summed E-state index contributed by atoms with van der Waals surface area (Å²) in [6, 6.07) is 10.7. The predicted molar refractivity (Wildman–Crippen MR) is 89.2 cm³/mol. The molecule has 1 heterocycles. The molecule has 3 rings (SSSR count). The molecule has 2 aromatic rings. The van der Waals surface area contributed by atoms with E-state index in [1.165, 1.54) is 43.1 Å². The maximum absolute atomic E-state index is 4.37. The monoisotopic (exact) mass is 282 g/mol. The number of nitrogens with one attached hydrogen (secondary N) is 1. The fourth-order valence-corrected chi connectivity index (χ4v) is 3.39. The van der Waals surface area contributed by atoms with Crippen molar-refractivity contribution in [2.75, 3.05) is 6.54 Å². The first-order chi connectivity index (χ1) is 10.3. The molecular formula is C19H26N2. The smallest absolute Gasteiger partial charge is 0.0702 e. The molecule has 0 saturated heterocycles. The van der Waals surface area contributed by atoms with E-state index in [4.69, 9.17) is 0 Å². The van der Waals surface area contributed by atoms with Gasteiger partial charge in [-0.2, -0.15) is 0 Å². The lowest BCUT2D eigenvalue weighted by Gasteiger charge is -2.26. The minimum atomic E-state index is 0.953. The van der Waals surface area contributed by atoms with Crippen LogP contribution in [-0.4, -0.2) is 11.5 Å². The molecule has 0 spiro atoms. The van der Waals surface area contributed by atoms with Gasteiger partial charge in [0.25, 0.3) is 0 Å². The number of aromatic nitrogens is 1. The third-order valence-corrected chi connectivity index (χ3v) is 4.86. The van der Waals surface area contributed by atoms with Crippen molar-refractivity contribution in [3.63, 3.8) is 0 Å². The Kier molecular flexibility index (Phi) is 4.87. The largest absolute Gasteiger partial charge is 0.313 e. The van der Waals surface area contributed by atoms with Gasteiger partial charge < -0.3 is 5.32 Å². The van der Waals surface area contributed by atoms with Gasteiger partial charge in [-0.15, -0.1) is 0 Å². The third kappa shape index (κ3) is 4.04. The normalized spacial score (nSPS) is 22.5. The van der Waals surface area contributed by atoms with Crippen molar-refractivity contribution in [2.45, 2.75) is 45.6 Å².